The van der Waals surface area contributed by atoms with Gasteiger partial charge in [0.1, 0.15) is 0 Å². The van der Waals surface area contributed by atoms with Gasteiger partial charge >= 0.3 is 0 Å². The van der Waals surface area contributed by atoms with E-state index in [1.807, 2.05) is 19.6 Å². The average molecular weight is 131 g/mol. The van der Waals surface area contributed by atoms with E-state index >= 15 is 0 Å². The fourth-order valence-corrected chi connectivity index (χ4v) is 0.712. The van der Waals surface area contributed by atoms with Crippen LogP contribution in [0.1, 0.15) is 0 Å². The van der Waals surface area contributed by atoms with E-state index in [0.717, 1.165) is 0 Å². The highest BCUT2D eigenvalue weighted by Crippen LogP contribution is 2.00. The molecular weight excluding hydrogens is 118 g/mol. The highest BCUT2D eigenvalue weighted by Gasteiger charge is 2.17. The summed E-state index contributed by atoms with van der Waals surface area (Å²) in [4.78, 5) is 0. The number of rotatable bonds is 2. The van der Waals surface area contributed by atoms with Gasteiger partial charge in [-0.2, -0.15) is 0 Å². The quantitative estimate of drug-likeness (QED) is 0.424. The molecular formula is C5H13NOSi. The Morgan fingerprint density at radius 1 is 1.50 bits per heavy atom. The van der Waals surface area contributed by atoms with Crippen molar-refractivity contribution in [1.82, 2.24) is 0 Å². The molecule has 0 aromatic carbocycles. The summed E-state index contributed by atoms with van der Waals surface area (Å²) in [6.45, 7) is 6.08. The van der Waals surface area contributed by atoms with Gasteiger partial charge in [0.2, 0.25) is 0 Å². The van der Waals surface area contributed by atoms with Gasteiger partial charge in [0.25, 0.3) is 0 Å². The monoisotopic (exact) mass is 131 g/mol. The zero-order valence-electron chi connectivity index (χ0n) is 5.65. The highest BCUT2D eigenvalue weighted by molar-refractivity contribution is 7.04. The van der Waals surface area contributed by atoms with Gasteiger partial charge in [0.05, 0.1) is 14.7 Å². The van der Waals surface area contributed by atoms with Crippen LogP contribution < -0.4 is 0 Å². The Bertz CT molecular complexity index is 95.1. The Balaban J connectivity index is 3.82. The first-order valence-corrected chi connectivity index (χ1v) is 6.17. The molecule has 0 aromatic rings. The summed E-state index contributed by atoms with van der Waals surface area (Å²) >= 11 is 0. The maximum absolute atomic E-state index is 8.48. The lowest BCUT2D eigenvalue weighted by molar-refractivity contribution is 0.358. The van der Waals surface area contributed by atoms with E-state index in [4.69, 9.17) is 10.5 Å². The van der Waals surface area contributed by atoms with Crippen molar-refractivity contribution >= 4 is 13.4 Å². The third-order valence-electron chi connectivity index (χ3n) is 1.06. The van der Waals surface area contributed by atoms with E-state index in [1.165, 1.54) is 0 Å². The van der Waals surface area contributed by atoms with Crippen LogP contribution in [0.2, 0.25) is 19.6 Å². The second kappa shape index (κ2) is 2.41. The molecule has 0 saturated heterocycles. The maximum Gasteiger partial charge on any atom is 0.0980 e. The first kappa shape index (κ1) is 7.85. The predicted molar refractivity (Wildman–Crippen MR) is 38.2 cm³/mol. The van der Waals surface area contributed by atoms with Crippen molar-refractivity contribution in [2.45, 2.75) is 19.6 Å². The number of nitrogens with one attached hydrogen (secondary N) is 1. The van der Waals surface area contributed by atoms with Crippen LogP contribution in [0.25, 0.3) is 0 Å². The van der Waals surface area contributed by atoms with E-state index < -0.39 is 8.07 Å². The normalized spacial score (nSPS) is 11.5. The molecule has 0 fully saturated rings. The van der Waals surface area contributed by atoms with E-state index in [0.29, 0.717) is 5.33 Å². The molecule has 0 rings (SSSR count). The number of aliphatic hydroxyl groups is 1. The molecule has 0 saturated carbocycles. The SMILES string of the molecule is C[Si](C)(C)C(=N)CO. The second-order valence-electron chi connectivity index (χ2n) is 2.89. The van der Waals surface area contributed by atoms with Crippen LogP contribution in [-0.4, -0.2) is 25.1 Å². The Labute approximate surface area is 51.1 Å². The lowest BCUT2D eigenvalue weighted by Crippen LogP contribution is -2.35. The topological polar surface area (TPSA) is 44.1 Å². The minimum atomic E-state index is -1.43. The molecule has 0 spiro atoms. The van der Waals surface area contributed by atoms with Gasteiger partial charge in [-0.25, -0.2) is 0 Å². The first-order valence-electron chi connectivity index (χ1n) is 2.67. The highest BCUT2D eigenvalue weighted by atomic mass is 28.3. The van der Waals surface area contributed by atoms with Crippen LogP contribution in [0.15, 0.2) is 0 Å². The molecule has 3 heteroatoms. The molecule has 0 amide bonds. The van der Waals surface area contributed by atoms with Crippen LogP contribution in [-0.2, 0) is 0 Å². The molecule has 0 aliphatic carbocycles. The lowest BCUT2D eigenvalue weighted by atomic mass is 10.8. The van der Waals surface area contributed by atoms with Gasteiger partial charge in [-0.3, -0.25) is 0 Å². The standard InChI is InChI=1S/C5H13NOSi/c1-8(2,3)5(6)4-7/h6-7H,4H2,1-3H3. The van der Waals surface area contributed by atoms with E-state index in [9.17, 15) is 0 Å². The molecule has 48 valence electrons. The van der Waals surface area contributed by atoms with E-state index in [-0.39, 0.29) is 6.61 Å². The van der Waals surface area contributed by atoms with Gasteiger partial charge in [-0.15, -0.1) is 0 Å². The first-order chi connectivity index (χ1) is 3.48. The summed E-state index contributed by atoms with van der Waals surface area (Å²) in [5.41, 5.74) is 0. The molecule has 0 heterocycles. The molecule has 0 atom stereocenters. The van der Waals surface area contributed by atoms with Gasteiger partial charge in [-0.05, 0) is 0 Å². The van der Waals surface area contributed by atoms with Crippen molar-refractivity contribution in [1.29, 1.82) is 5.41 Å². The van der Waals surface area contributed by atoms with Gasteiger partial charge in [-0.1, -0.05) is 19.6 Å². The van der Waals surface area contributed by atoms with Crippen molar-refractivity contribution in [2.24, 2.45) is 0 Å². The Morgan fingerprint density at radius 3 is 1.88 bits per heavy atom. The molecule has 2 nitrogen and oxygen atoms in total. The maximum atomic E-state index is 8.48. The molecule has 0 bridgehead atoms. The second-order valence-corrected chi connectivity index (χ2v) is 7.99. The zero-order valence-corrected chi connectivity index (χ0v) is 6.65. The average Bonchev–Trinajstić information content (AvgIpc) is 1.62. The third-order valence-corrected chi connectivity index (χ3v) is 3.03. The summed E-state index contributed by atoms with van der Waals surface area (Å²) in [6, 6.07) is 0. The zero-order chi connectivity index (χ0) is 6.78. The number of hydrogen-bond donors (Lipinski definition) is 2. The fraction of sp³-hybridized carbons (Fsp3) is 0.800. The van der Waals surface area contributed by atoms with Crippen LogP contribution in [0.5, 0.6) is 0 Å². The molecule has 8 heavy (non-hydrogen) atoms. The van der Waals surface area contributed by atoms with Gasteiger partial charge < -0.3 is 10.5 Å². The molecule has 0 unspecified atom stereocenters. The fourth-order valence-electron chi connectivity index (χ4n) is 0.237. The van der Waals surface area contributed by atoms with E-state index in [2.05, 4.69) is 0 Å². The van der Waals surface area contributed by atoms with E-state index in [1.54, 1.807) is 0 Å². The van der Waals surface area contributed by atoms with Crippen molar-refractivity contribution in [3.63, 3.8) is 0 Å². The smallest absolute Gasteiger partial charge is 0.0980 e. The number of aliphatic hydroxyl groups excluding tert-OH is 1. The largest absolute Gasteiger partial charge is 0.391 e. The molecule has 0 aromatic heterocycles. The van der Waals surface area contributed by atoms with Crippen LogP contribution >= 0.6 is 0 Å². The minimum Gasteiger partial charge on any atom is -0.391 e. The Morgan fingerprint density at radius 2 is 1.88 bits per heavy atom. The Hall–Kier alpha value is -0.153. The van der Waals surface area contributed by atoms with Gasteiger partial charge in [0.15, 0.2) is 0 Å². The number of hydrogen-bond acceptors (Lipinski definition) is 2. The van der Waals surface area contributed by atoms with Crippen molar-refractivity contribution in [2.75, 3.05) is 6.61 Å². The minimum absolute atomic E-state index is 0.0598. The Kier molecular flexibility index (Phi) is 2.37. The van der Waals surface area contributed by atoms with Gasteiger partial charge in [0, 0.05) is 5.33 Å². The summed E-state index contributed by atoms with van der Waals surface area (Å²) in [6.07, 6.45) is 0. The summed E-state index contributed by atoms with van der Waals surface area (Å²) in [5.74, 6) is 0. The summed E-state index contributed by atoms with van der Waals surface area (Å²) in [7, 11) is -1.43. The van der Waals surface area contributed by atoms with Crippen LogP contribution in [0.4, 0.5) is 0 Å². The van der Waals surface area contributed by atoms with Crippen molar-refractivity contribution in [3.8, 4) is 0 Å². The molecule has 0 aliphatic rings. The third kappa shape index (κ3) is 2.23. The molecule has 0 aliphatic heterocycles. The lowest BCUT2D eigenvalue weighted by Gasteiger charge is -2.14. The molecule has 0 radical (unpaired) electrons. The van der Waals surface area contributed by atoms with Crippen LogP contribution in [0.3, 0.4) is 0 Å². The van der Waals surface area contributed by atoms with Crippen molar-refractivity contribution in [3.05, 3.63) is 0 Å². The predicted octanol–water partition coefficient (Wildman–Crippen LogP) is 0.876. The summed E-state index contributed by atoms with van der Waals surface area (Å²) < 4.78 is 0. The molecule has 2 N–H and O–H groups in total. The van der Waals surface area contributed by atoms with Crippen LogP contribution in [0, 0.1) is 5.41 Å². The van der Waals surface area contributed by atoms with Crippen molar-refractivity contribution < 1.29 is 5.11 Å². The summed E-state index contributed by atoms with van der Waals surface area (Å²) in [5, 5.41) is 16.2.